The lowest BCUT2D eigenvalue weighted by Crippen LogP contribution is -2.14. The maximum atomic E-state index is 12.5. The summed E-state index contributed by atoms with van der Waals surface area (Å²) in [7, 11) is 3.25. The molecule has 29 heavy (non-hydrogen) atoms. The summed E-state index contributed by atoms with van der Waals surface area (Å²) in [6.45, 7) is 2.69. The maximum Gasteiger partial charge on any atom is 0.274 e. The number of aromatic nitrogens is 1. The third-order valence-corrected chi connectivity index (χ3v) is 4.46. The van der Waals surface area contributed by atoms with Crippen LogP contribution in [0.1, 0.15) is 21.6 Å². The van der Waals surface area contributed by atoms with Crippen molar-refractivity contribution in [2.75, 3.05) is 31.4 Å². The normalized spacial score (nSPS) is 10.3. The fourth-order valence-corrected chi connectivity index (χ4v) is 2.97. The monoisotopic (exact) mass is 391 g/mol. The molecule has 0 fully saturated rings. The number of amides is 1. The van der Waals surface area contributed by atoms with Gasteiger partial charge in [-0.15, -0.1) is 0 Å². The first-order valence-electron chi connectivity index (χ1n) is 9.38. The quantitative estimate of drug-likeness (QED) is 0.598. The SMILES string of the molecule is COc1ccc(CCNc2ccnc(C(=O)Nc3cccc(C)c3)c2)cc1OC. The van der Waals surface area contributed by atoms with Crippen LogP contribution in [0.5, 0.6) is 11.5 Å². The van der Waals surface area contributed by atoms with Crippen molar-refractivity contribution in [2.45, 2.75) is 13.3 Å². The first-order chi connectivity index (χ1) is 14.1. The molecule has 3 rings (SSSR count). The van der Waals surface area contributed by atoms with Gasteiger partial charge in [0.1, 0.15) is 5.69 Å². The van der Waals surface area contributed by atoms with Gasteiger partial charge in [-0.3, -0.25) is 9.78 Å². The Labute approximate surface area is 170 Å². The molecule has 0 atom stereocenters. The Morgan fingerprint density at radius 1 is 0.966 bits per heavy atom. The number of carbonyl (C=O) groups is 1. The highest BCUT2D eigenvalue weighted by atomic mass is 16.5. The molecule has 0 aliphatic rings. The van der Waals surface area contributed by atoms with E-state index in [-0.39, 0.29) is 5.91 Å². The number of nitrogens with zero attached hydrogens (tertiary/aromatic N) is 1. The predicted octanol–water partition coefficient (Wildman–Crippen LogP) is 4.31. The van der Waals surface area contributed by atoms with E-state index in [1.165, 1.54) is 0 Å². The van der Waals surface area contributed by atoms with Crippen LogP contribution in [-0.4, -0.2) is 31.7 Å². The first-order valence-corrected chi connectivity index (χ1v) is 9.38. The lowest BCUT2D eigenvalue weighted by molar-refractivity contribution is 0.102. The topological polar surface area (TPSA) is 72.5 Å². The van der Waals surface area contributed by atoms with Crippen molar-refractivity contribution in [1.29, 1.82) is 0 Å². The zero-order valence-corrected chi connectivity index (χ0v) is 16.9. The van der Waals surface area contributed by atoms with Gasteiger partial charge in [-0.2, -0.15) is 0 Å². The minimum atomic E-state index is -0.237. The number of hydrogen-bond acceptors (Lipinski definition) is 5. The van der Waals surface area contributed by atoms with Crippen LogP contribution in [-0.2, 0) is 6.42 Å². The molecule has 0 saturated heterocycles. The van der Waals surface area contributed by atoms with E-state index in [2.05, 4.69) is 15.6 Å². The van der Waals surface area contributed by atoms with Crippen LogP contribution >= 0.6 is 0 Å². The van der Waals surface area contributed by atoms with Crippen LogP contribution in [0.15, 0.2) is 60.8 Å². The van der Waals surface area contributed by atoms with E-state index >= 15 is 0 Å². The molecule has 2 N–H and O–H groups in total. The molecule has 6 heteroatoms. The summed E-state index contributed by atoms with van der Waals surface area (Å²) in [6, 6.07) is 17.1. The molecule has 1 aromatic heterocycles. The fraction of sp³-hybridized carbons (Fsp3) is 0.217. The van der Waals surface area contributed by atoms with Gasteiger partial charge in [0.15, 0.2) is 11.5 Å². The molecule has 0 saturated carbocycles. The molecule has 0 aliphatic heterocycles. The largest absolute Gasteiger partial charge is 0.493 e. The number of carbonyl (C=O) groups excluding carboxylic acids is 1. The molecule has 0 radical (unpaired) electrons. The van der Waals surface area contributed by atoms with Crippen molar-refractivity contribution >= 4 is 17.3 Å². The molecule has 3 aromatic rings. The Hall–Kier alpha value is -3.54. The maximum absolute atomic E-state index is 12.5. The molecule has 1 amide bonds. The Morgan fingerprint density at radius 3 is 2.55 bits per heavy atom. The van der Waals surface area contributed by atoms with Crippen molar-refractivity contribution in [1.82, 2.24) is 4.98 Å². The number of benzene rings is 2. The first kappa shape index (κ1) is 20.2. The third-order valence-electron chi connectivity index (χ3n) is 4.46. The van der Waals surface area contributed by atoms with Gasteiger partial charge in [-0.25, -0.2) is 0 Å². The Balaban J connectivity index is 1.59. The smallest absolute Gasteiger partial charge is 0.274 e. The number of rotatable bonds is 8. The number of hydrogen-bond donors (Lipinski definition) is 2. The third kappa shape index (κ3) is 5.48. The Bertz CT molecular complexity index is 989. The zero-order chi connectivity index (χ0) is 20.6. The van der Waals surface area contributed by atoms with Crippen molar-refractivity contribution in [3.05, 3.63) is 77.6 Å². The van der Waals surface area contributed by atoms with Gasteiger partial charge < -0.3 is 20.1 Å². The van der Waals surface area contributed by atoms with Gasteiger partial charge in [0.25, 0.3) is 5.91 Å². The number of anilines is 2. The van der Waals surface area contributed by atoms with Gasteiger partial charge in [0, 0.05) is 24.1 Å². The highest BCUT2D eigenvalue weighted by molar-refractivity contribution is 6.03. The van der Waals surface area contributed by atoms with Gasteiger partial charge in [-0.1, -0.05) is 18.2 Å². The molecular formula is C23H25N3O3. The number of aryl methyl sites for hydroxylation is 1. The van der Waals surface area contributed by atoms with Gasteiger partial charge in [0.05, 0.1) is 14.2 Å². The molecular weight excluding hydrogens is 366 g/mol. The fourth-order valence-electron chi connectivity index (χ4n) is 2.97. The van der Waals surface area contributed by atoms with E-state index in [0.29, 0.717) is 23.7 Å². The van der Waals surface area contributed by atoms with Crippen LogP contribution in [0.3, 0.4) is 0 Å². The van der Waals surface area contributed by atoms with Crippen LogP contribution in [0, 0.1) is 6.92 Å². The van der Waals surface area contributed by atoms with Crippen molar-refractivity contribution in [3.8, 4) is 11.5 Å². The van der Waals surface area contributed by atoms with E-state index < -0.39 is 0 Å². The molecule has 6 nitrogen and oxygen atoms in total. The second-order valence-electron chi connectivity index (χ2n) is 6.62. The summed E-state index contributed by atoms with van der Waals surface area (Å²) in [6.07, 6.45) is 2.43. The molecule has 150 valence electrons. The average Bonchev–Trinajstić information content (AvgIpc) is 2.74. The van der Waals surface area contributed by atoms with Crippen LogP contribution in [0.4, 0.5) is 11.4 Å². The Morgan fingerprint density at radius 2 is 1.79 bits per heavy atom. The standard InChI is InChI=1S/C23H25N3O3/c1-16-5-4-6-19(13-16)26-23(27)20-15-18(10-12-25-20)24-11-9-17-7-8-21(28-2)22(14-17)29-3/h4-8,10,12-15H,9,11H2,1-3H3,(H,24,25)(H,26,27). The summed E-state index contributed by atoms with van der Waals surface area (Å²) in [5, 5.41) is 6.21. The molecule has 0 aliphatic carbocycles. The van der Waals surface area contributed by atoms with Crippen molar-refractivity contribution in [3.63, 3.8) is 0 Å². The summed E-state index contributed by atoms with van der Waals surface area (Å²) in [5.74, 6) is 1.19. The van der Waals surface area contributed by atoms with Gasteiger partial charge in [0.2, 0.25) is 0 Å². The summed E-state index contributed by atoms with van der Waals surface area (Å²) in [5.41, 5.74) is 4.17. The molecule has 0 unspecified atom stereocenters. The molecule has 0 bridgehead atoms. The van der Waals surface area contributed by atoms with E-state index in [4.69, 9.17) is 9.47 Å². The van der Waals surface area contributed by atoms with Crippen LogP contribution in [0.2, 0.25) is 0 Å². The van der Waals surface area contributed by atoms with Gasteiger partial charge >= 0.3 is 0 Å². The predicted molar refractivity (Wildman–Crippen MR) is 115 cm³/mol. The molecule has 1 heterocycles. The average molecular weight is 391 g/mol. The zero-order valence-electron chi connectivity index (χ0n) is 16.9. The summed E-state index contributed by atoms with van der Waals surface area (Å²) in [4.78, 5) is 16.7. The van der Waals surface area contributed by atoms with E-state index in [1.54, 1.807) is 26.5 Å². The number of pyridine rings is 1. The molecule has 2 aromatic carbocycles. The van der Waals surface area contributed by atoms with Crippen LogP contribution in [0.25, 0.3) is 0 Å². The van der Waals surface area contributed by atoms with Crippen LogP contribution < -0.4 is 20.1 Å². The highest BCUT2D eigenvalue weighted by Crippen LogP contribution is 2.27. The lowest BCUT2D eigenvalue weighted by atomic mass is 10.1. The number of methoxy groups -OCH3 is 2. The second kappa shape index (κ2) is 9.59. The highest BCUT2D eigenvalue weighted by Gasteiger charge is 2.09. The van der Waals surface area contributed by atoms with E-state index in [9.17, 15) is 4.79 Å². The van der Waals surface area contributed by atoms with E-state index in [0.717, 1.165) is 28.9 Å². The lowest BCUT2D eigenvalue weighted by Gasteiger charge is -2.11. The van der Waals surface area contributed by atoms with Crippen molar-refractivity contribution < 1.29 is 14.3 Å². The summed E-state index contributed by atoms with van der Waals surface area (Å²) >= 11 is 0. The van der Waals surface area contributed by atoms with Crippen molar-refractivity contribution in [2.24, 2.45) is 0 Å². The minimum absolute atomic E-state index is 0.237. The minimum Gasteiger partial charge on any atom is -0.493 e. The number of ether oxygens (including phenoxy) is 2. The second-order valence-corrected chi connectivity index (χ2v) is 6.62. The Kier molecular flexibility index (Phi) is 6.68. The number of nitrogens with one attached hydrogen (secondary N) is 2. The summed E-state index contributed by atoms with van der Waals surface area (Å²) < 4.78 is 10.6. The van der Waals surface area contributed by atoms with E-state index in [1.807, 2.05) is 55.5 Å². The molecule has 0 spiro atoms. The van der Waals surface area contributed by atoms with Gasteiger partial charge in [-0.05, 0) is 60.9 Å².